The van der Waals surface area contributed by atoms with Crippen LogP contribution in [0, 0.1) is 29.6 Å². The Hall–Kier alpha value is -8.64. The summed E-state index contributed by atoms with van der Waals surface area (Å²) in [4.78, 5) is 84.0. The largest absolute Gasteiger partial charge is 1.00 e. The van der Waals surface area contributed by atoms with Crippen LogP contribution in [-0.4, -0.2) is 170 Å². The fourth-order valence-electron chi connectivity index (χ4n) is 10.4. The van der Waals surface area contributed by atoms with E-state index in [2.05, 4.69) is 110 Å². The van der Waals surface area contributed by atoms with Gasteiger partial charge >= 0.3 is 174 Å². The topological polar surface area (TPSA) is 470 Å². The van der Waals surface area contributed by atoms with Crippen LogP contribution < -0.4 is 155 Å². The number of nitrogens with two attached hydrogens (primary N) is 1. The van der Waals surface area contributed by atoms with Crippen molar-refractivity contribution in [2.24, 2.45) is 14.1 Å². The number of para-hydroxylation sites is 2. The number of Topliss-reactive ketones (excluding diaryl/α,β-unsaturated/α-hetero) is 1. The van der Waals surface area contributed by atoms with E-state index in [9.17, 15) is 85.5 Å². The van der Waals surface area contributed by atoms with Crippen molar-refractivity contribution >= 4 is 177 Å². The Morgan fingerprint density at radius 2 is 0.926 bits per heavy atom. The van der Waals surface area contributed by atoms with Gasteiger partial charge in [-0.05, 0) is 116 Å². The number of aromatic nitrogens is 13. The molecule has 715 valence electrons. The summed E-state index contributed by atoms with van der Waals surface area (Å²) in [5, 5.41) is 78.1. The minimum Gasteiger partial charge on any atom is -1.00 e. The number of aliphatic carboxylic acids is 2. The van der Waals surface area contributed by atoms with E-state index in [1.165, 1.54) is 114 Å². The number of aryl methyl sites for hydroxylation is 2. The summed E-state index contributed by atoms with van der Waals surface area (Å²) in [7, 11) is 4.33. The molecule has 136 heavy (non-hydrogen) atoms. The van der Waals surface area contributed by atoms with E-state index in [-0.39, 0.29) is 197 Å². The molecule has 0 saturated heterocycles. The van der Waals surface area contributed by atoms with Gasteiger partial charge in [0.05, 0.1) is 44.1 Å². The summed E-state index contributed by atoms with van der Waals surface area (Å²) >= 11 is 8.77. The van der Waals surface area contributed by atoms with Crippen LogP contribution in [0.4, 0.5) is 71.7 Å². The van der Waals surface area contributed by atoms with E-state index in [0.717, 1.165) is 91.2 Å². The average Bonchev–Trinajstić information content (AvgIpc) is 1.58. The smallest absolute Gasteiger partial charge is 1.00 e. The van der Waals surface area contributed by atoms with Crippen molar-refractivity contribution in [1.82, 2.24) is 61.2 Å². The van der Waals surface area contributed by atoms with Gasteiger partial charge < -0.3 is 100 Å². The van der Waals surface area contributed by atoms with Crippen molar-refractivity contribution in [2.45, 2.75) is 64.5 Å². The molecule has 0 unspecified atom stereocenters. The van der Waals surface area contributed by atoms with E-state index in [0.29, 0.717) is 27.0 Å². The van der Waals surface area contributed by atoms with Crippen molar-refractivity contribution in [1.29, 1.82) is 10.5 Å². The molecule has 15 aromatic rings. The van der Waals surface area contributed by atoms with Gasteiger partial charge in [-0.3, -0.25) is 33.3 Å². The number of imidazole rings is 4. The molecule has 15 rings (SSSR count). The zero-order valence-electron chi connectivity index (χ0n) is 73.5. The maximum absolute atomic E-state index is 13.1. The van der Waals surface area contributed by atoms with Gasteiger partial charge in [0.15, 0.2) is 22.8 Å². The molecule has 13 aromatic heterocycles. The number of hydrogen-bond acceptors (Lipinski definition) is 23. The minimum atomic E-state index is -4.68. The van der Waals surface area contributed by atoms with E-state index < -0.39 is 104 Å². The maximum Gasteiger partial charge on any atom is 1.00 e. The zero-order valence-corrected chi connectivity index (χ0v) is 84.4. The van der Waals surface area contributed by atoms with Gasteiger partial charge in [0.1, 0.15) is 51.7 Å². The van der Waals surface area contributed by atoms with E-state index in [4.69, 9.17) is 60.9 Å². The van der Waals surface area contributed by atoms with Crippen LogP contribution in [0.1, 0.15) is 68.9 Å². The number of anilines is 1. The predicted molar refractivity (Wildman–Crippen MR) is 461 cm³/mol. The summed E-state index contributed by atoms with van der Waals surface area (Å²) in [5.74, 6) is -2.87. The van der Waals surface area contributed by atoms with Crippen molar-refractivity contribution < 1.29 is 280 Å². The van der Waals surface area contributed by atoms with Gasteiger partial charge in [0, 0.05) is 142 Å². The number of benzene rings is 2. The summed E-state index contributed by atoms with van der Waals surface area (Å²) in [6, 6.07) is 37.1. The number of carbonyl (C=O) groups is 4. The number of aromatic amines is 1. The van der Waals surface area contributed by atoms with Gasteiger partial charge in [0.2, 0.25) is 5.78 Å². The SMILES string of the molecule is CC(=O)O.CC(=O)O.COB(OC)OC.Cn1c2ccccc2c2[nH]c(=O)c(C#N)cc21.Cn1c2ccccc2c2c1cc(C#N)c(=O)n2-c1ccc2nc(C(F)(F)F)cn2c1.FC(F)(F)c1cn2cc(Br)ccc2n1.Nc1ccc(Br)cn1.O=C(CBr)C(F)(F)F.O=CO[O-].OB(O)c1ccc2nc(C(F)(F)F)cn2c1.OB(O)c1ccc2nc(C(F)(F)F)cn2c1.[CH2-]CCC.[Cu].[H-].[K+].[K+].[Li+]. The number of H-pyrrole nitrogens is 1. The number of halogens is 18. The number of nitriles is 2. The third kappa shape index (κ3) is 38.9. The molecular weight excluding hydrogens is 2140 g/mol. The standard InChI is InChI=1S/C21H12F3N5O.C13H9N3O.2C8H6BF3N2O2.C8H4BrF3N2.C5H5BrN2.C4H9.C3H9BO3.C3H2BrF3O.2C2H4O2.CH2O3.Cu.2K.Li.H/c1-27-15-5-3-2-4-14(15)19-16(27)8-12(9-25)20(30)29(19)13-6-7-18-26-17(21(22,23)24)11-28(18)10-13;1-16-10-5-3-2-4-9(10)12-11(16)6-8(7-14)13(17)15-12;2*10-8(11,12)6-4-14-3-5(9(15)16)1-2-7(14)13-6;9-5-1-2-7-13-6(8(10,11)12)4-14(7)3-5;6-4-1-2-5(7)8-3-4;1-3-4-2;1-5-4(6-2)7-3;4-1-2(8)3(5,6)7;2*1-2(3)4;2-1-4-3;;;;;/h2-8,10-11H,1H3;2-6H,1H3,(H,15,17);2*1-4,15-16H;1-4H;1-3H,(H2,7,8);1,3-4H2,2H3;1-3H3;1H2;2*1H3,(H,3,4);1,3H;;;;;/q;;;;;;-1;;;;;;;3*+1;-1/p-1. The van der Waals surface area contributed by atoms with E-state index in [1.54, 1.807) is 24.4 Å². The van der Waals surface area contributed by atoms with Gasteiger partial charge in [-0.2, -0.15) is 82.8 Å². The molecule has 13 heterocycles. The third-order valence-electron chi connectivity index (χ3n) is 16.2. The summed E-state index contributed by atoms with van der Waals surface area (Å²) < 4.78 is 208. The first kappa shape index (κ1) is 127. The summed E-state index contributed by atoms with van der Waals surface area (Å²) in [5.41, 5.74) is 6.43. The molecule has 33 nitrogen and oxygen atoms in total. The minimum absolute atomic E-state index is 0. The molecule has 0 spiro atoms. The molecule has 2 aromatic carbocycles. The number of nitrogens with one attached hydrogen (secondary N) is 1. The summed E-state index contributed by atoms with van der Waals surface area (Å²) in [6.07, 6.45) is -10.0. The Kier molecular flexibility index (Phi) is 55.3. The van der Waals surface area contributed by atoms with Crippen molar-refractivity contribution in [3.8, 4) is 17.8 Å². The van der Waals surface area contributed by atoms with Crippen LogP contribution in [0.5, 0.6) is 0 Å². The number of carbonyl (C=O) groups excluding carboxylic acids is 2. The summed E-state index contributed by atoms with van der Waals surface area (Å²) in [6.45, 7) is 7.71. The van der Waals surface area contributed by atoms with Crippen molar-refractivity contribution in [3.63, 3.8) is 0 Å². The average molecular weight is 2210 g/mol. The van der Waals surface area contributed by atoms with Crippen molar-refractivity contribution in [3.05, 3.63) is 248 Å². The predicted octanol–water partition coefficient (Wildman–Crippen LogP) is 3.30. The van der Waals surface area contributed by atoms with Crippen LogP contribution >= 0.6 is 47.8 Å². The van der Waals surface area contributed by atoms with Crippen LogP contribution in [0.2, 0.25) is 0 Å². The Balaban J connectivity index is 0. The number of alkyl halides is 16. The number of carboxylic acids is 2. The van der Waals surface area contributed by atoms with Gasteiger partial charge in [-0.1, -0.05) is 77.8 Å². The number of rotatable bonds is 9. The Morgan fingerprint density at radius 1 is 0.574 bits per heavy atom. The normalized spacial score (nSPS) is 10.5. The van der Waals surface area contributed by atoms with E-state index in [1.807, 2.05) is 90.0 Å². The molecule has 0 amide bonds. The van der Waals surface area contributed by atoms with Crippen molar-refractivity contribution in [2.75, 3.05) is 32.4 Å². The number of nitrogens with zero attached hydrogens (tertiary/aromatic N) is 14. The monoisotopic (exact) mass is 2210 g/mol. The molecule has 58 heteroatoms. The first-order valence-electron chi connectivity index (χ1n) is 36.3. The van der Waals surface area contributed by atoms with Crippen LogP contribution in [0.15, 0.2) is 196 Å². The second-order valence-corrected chi connectivity index (χ2v) is 28.0. The second kappa shape index (κ2) is 59.1. The number of hydrogen-bond donors (Lipinski definition) is 8. The van der Waals surface area contributed by atoms with Gasteiger partial charge in [0.25, 0.3) is 29.5 Å². The zero-order chi connectivity index (χ0) is 99.8. The first-order valence-corrected chi connectivity index (χ1v) is 39.0. The molecule has 0 aliphatic rings. The second-order valence-electron chi connectivity index (χ2n) is 25.6. The maximum atomic E-state index is 13.1. The van der Waals surface area contributed by atoms with Crippen LogP contribution in [-0.2, 0) is 93.9 Å². The number of ketones is 1. The fraction of sp³-hybridized carbons (Fsp3) is 0.205. The molecule has 0 atom stereocenters. The number of pyridine rings is 7. The molecular formula is C78H72B3Br3CuF15K2LiN16O17. The molecule has 0 aliphatic carbocycles. The molecule has 0 fully saturated rings. The van der Waals surface area contributed by atoms with E-state index >= 15 is 0 Å². The Labute approximate surface area is 894 Å². The number of unbranched alkanes of at least 4 members (excludes halogenated alkanes) is 1. The van der Waals surface area contributed by atoms with Gasteiger partial charge in [-0.25, -0.2) is 24.9 Å². The molecule has 0 saturated carbocycles. The van der Waals surface area contributed by atoms with Crippen LogP contribution in [0.3, 0.4) is 0 Å². The Morgan fingerprint density at radius 3 is 1.26 bits per heavy atom. The molecule has 0 bridgehead atoms. The number of fused-ring (bicyclic) bond motifs is 10. The Bertz CT molecular complexity index is 6500. The molecule has 9 N–H and O–H groups in total. The van der Waals surface area contributed by atoms with Gasteiger partial charge in [-0.15, -0.1) is 0 Å². The fourth-order valence-corrected chi connectivity index (χ4v) is 11.3. The molecule has 0 aliphatic heterocycles. The van der Waals surface area contributed by atoms with Crippen LogP contribution in [0.25, 0.3) is 72.1 Å². The quantitative estimate of drug-likeness (QED) is 0.0195. The number of nitrogen functional groups attached to an aromatic ring is 1. The first-order chi connectivity index (χ1) is 61.6. The third-order valence-corrected chi connectivity index (χ3v) is 17.6. The molecule has 1 radical (unpaired) electrons. The number of carboxylic acid groups (broad SMARTS) is 2.